The van der Waals surface area contributed by atoms with Gasteiger partial charge in [-0.3, -0.25) is 10.1 Å². The molecule has 0 aromatic carbocycles. The quantitative estimate of drug-likeness (QED) is 0.851. The summed E-state index contributed by atoms with van der Waals surface area (Å²) in [5.74, 6) is 0.224. The number of nitrogens with one attached hydrogen (secondary N) is 1. The SMILES string of the molecule is CCc1nnc(NC(=O)CSc2ccccn2)s1. The number of aryl methyl sites for hydroxylation is 1. The molecule has 0 fully saturated rings. The van der Waals surface area contributed by atoms with E-state index in [4.69, 9.17) is 0 Å². The Balaban J connectivity index is 1.82. The maximum atomic E-state index is 11.7. The van der Waals surface area contributed by atoms with Gasteiger partial charge in [0.1, 0.15) is 5.01 Å². The summed E-state index contributed by atoms with van der Waals surface area (Å²) in [6.07, 6.45) is 2.54. The third-order valence-corrected chi connectivity index (χ3v) is 3.93. The lowest BCUT2D eigenvalue weighted by Gasteiger charge is -2.00. The van der Waals surface area contributed by atoms with Crippen LogP contribution in [0.25, 0.3) is 0 Å². The first-order chi connectivity index (χ1) is 8.78. The minimum absolute atomic E-state index is 0.0931. The van der Waals surface area contributed by atoms with Crippen LogP contribution in [0.1, 0.15) is 11.9 Å². The average Bonchev–Trinajstić information content (AvgIpc) is 2.85. The molecular weight excluding hydrogens is 268 g/mol. The van der Waals surface area contributed by atoms with Crippen molar-refractivity contribution in [3.63, 3.8) is 0 Å². The van der Waals surface area contributed by atoms with Crippen molar-refractivity contribution >= 4 is 34.1 Å². The molecule has 0 atom stereocenters. The molecule has 5 nitrogen and oxygen atoms in total. The van der Waals surface area contributed by atoms with Gasteiger partial charge in [-0.05, 0) is 18.6 Å². The van der Waals surface area contributed by atoms with E-state index in [-0.39, 0.29) is 5.91 Å². The molecule has 0 aliphatic heterocycles. The van der Waals surface area contributed by atoms with E-state index >= 15 is 0 Å². The Morgan fingerprint density at radius 1 is 1.44 bits per heavy atom. The summed E-state index contributed by atoms with van der Waals surface area (Å²) in [6, 6.07) is 5.61. The van der Waals surface area contributed by atoms with E-state index in [0.717, 1.165) is 16.5 Å². The fraction of sp³-hybridized carbons (Fsp3) is 0.273. The molecule has 2 rings (SSSR count). The van der Waals surface area contributed by atoms with E-state index in [1.807, 2.05) is 25.1 Å². The number of thioether (sulfide) groups is 1. The summed E-state index contributed by atoms with van der Waals surface area (Å²) in [5.41, 5.74) is 0. The molecule has 2 aromatic heterocycles. The largest absolute Gasteiger partial charge is 0.300 e. The molecule has 0 aliphatic carbocycles. The van der Waals surface area contributed by atoms with Crippen molar-refractivity contribution in [1.29, 1.82) is 0 Å². The van der Waals surface area contributed by atoms with Crippen molar-refractivity contribution in [2.75, 3.05) is 11.1 Å². The fourth-order valence-corrected chi connectivity index (χ4v) is 2.53. The van der Waals surface area contributed by atoms with Gasteiger partial charge in [-0.1, -0.05) is 36.1 Å². The molecule has 94 valence electrons. The van der Waals surface area contributed by atoms with Gasteiger partial charge in [0.2, 0.25) is 11.0 Å². The van der Waals surface area contributed by atoms with Crippen LogP contribution in [-0.2, 0) is 11.2 Å². The van der Waals surface area contributed by atoms with Gasteiger partial charge in [0, 0.05) is 6.20 Å². The van der Waals surface area contributed by atoms with E-state index in [9.17, 15) is 4.79 Å². The molecule has 2 aromatic rings. The van der Waals surface area contributed by atoms with E-state index in [2.05, 4.69) is 20.5 Å². The highest BCUT2D eigenvalue weighted by atomic mass is 32.2. The molecule has 0 saturated heterocycles. The third kappa shape index (κ3) is 3.78. The van der Waals surface area contributed by atoms with Crippen LogP contribution >= 0.6 is 23.1 Å². The van der Waals surface area contributed by atoms with E-state index in [1.54, 1.807) is 6.20 Å². The molecule has 18 heavy (non-hydrogen) atoms. The second kappa shape index (κ2) is 6.46. The van der Waals surface area contributed by atoms with Gasteiger partial charge in [-0.2, -0.15) is 0 Å². The highest BCUT2D eigenvalue weighted by Crippen LogP contribution is 2.17. The number of nitrogens with zero attached hydrogens (tertiary/aromatic N) is 3. The summed E-state index contributed by atoms with van der Waals surface area (Å²) in [4.78, 5) is 15.8. The number of aromatic nitrogens is 3. The van der Waals surface area contributed by atoms with E-state index in [0.29, 0.717) is 10.9 Å². The van der Waals surface area contributed by atoms with Crippen molar-refractivity contribution in [3.05, 3.63) is 29.4 Å². The summed E-state index contributed by atoms with van der Waals surface area (Å²) >= 11 is 2.80. The van der Waals surface area contributed by atoms with Crippen LogP contribution in [0, 0.1) is 0 Å². The van der Waals surface area contributed by atoms with Gasteiger partial charge < -0.3 is 0 Å². The van der Waals surface area contributed by atoms with Crippen molar-refractivity contribution in [2.45, 2.75) is 18.4 Å². The van der Waals surface area contributed by atoms with Crippen LogP contribution in [-0.4, -0.2) is 26.8 Å². The maximum Gasteiger partial charge on any atom is 0.236 e. The third-order valence-electron chi connectivity index (χ3n) is 2.00. The number of rotatable bonds is 5. The van der Waals surface area contributed by atoms with Crippen LogP contribution in [0.4, 0.5) is 5.13 Å². The number of amides is 1. The summed E-state index contributed by atoms with van der Waals surface area (Å²) in [7, 11) is 0. The molecule has 2 heterocycles. The Hall–Kier alpha value is -1.47. The first-order valence-electron chi connectivity index (χ1n) is 5.44. The Labute approximate surface area is 113 Å². The predicted molar refractivity (Wildman–Crippen MR) is 72.9 cm³/mol. The zero-order valence-electron chi connectivity index (χ0n) is 9.79. The van der Waals surface area contributed by atoms with Crippen LogP contribution in [0.3, 0.4) is 0 Å². The number of hydrogen-bond acceptors (Lipinski definition) is 6. The number of anilines is 1. The highest BCUT2D eigenvalue weighted by molar-refractivity contribution is 7.99. The number of hydrogen-bond donors (Lipinski definition) is 1. The summed E-state index contributed by atoms with van der Waals surface area (Å²) in [6.45, 7) is 2.00. The first kappa shape index (κ1) is 13.0. The number of carbonyl (C=O) groups excluding carboxylic acids is 1. The Bertz CT molecular complexity index is 515. The number of carbonyl (C=O) groups is 1. The van der Waals surface area contributed by atoms with Gasteiger partial charge in [-0.15, -0.1) is 10.2 Å². The van der Waals surface area contributed by atoms with Crippen molar-refractivity contribution in [3.8, 4) is 0 Å². The standard InChI is InChI=1S/C11H12N4OS2/c1-2-9-14-15-11(18-9)13-8(16)7-17-10-5-3-4-6-12-10/h3-6H,2,7H2,1H3,(H,13,15,16). The molecule has 0 spiro atoms. The lowest BCUT2D eigenvalue weighted by atomic mass is 10.5. The molecule has 7 heteroatoms. The van der Waals surface area contributed by atoms with Gasteiger partial charge in [0.05, 0.1) is 10.8 Å². The van der Waals surface area contributed by atoms with Gasteiger partial charge in [-0.25, -0.2) is 4.98 Å². The second-order valence-corrected chi connectivity index (χ2v) is 5.42. The first-order valence-corrected chi connectivity index (χ1v) is 7.24. The molecule has 0 bridgehead atoms. The lowest BCUT2D eigenvalue weighted by Crippen LogP contribution is -2.13. The minimum atomic E-state index is -0.0931. The molecule has 0 unspecified atom stereocenters. The zero-order valence-corrected chi connectivity index (χ0v) is 11.4. The molecular formula is C11H12N4OS2. The van der Waals surface area contributed by atoms with Crippen LogP contribution in [0.5, 0.6) is 0 Å². The van der Waals surface area contributed by atoms with Crippen LogP contribution in [0.2, 0.25) is 0 Å². The second-order valence-electron chi connectivity index (χ2n) is 3.36. The monoisotopic (exact) mass is 280 g/mol. The lowest BCUT2D eigenvalue weighted by molar-refractivity contribution is -0.113. The molecule has 1 N–H and O–H groups in total. The van der Waals surface area contributed by atoms with E-state index < -0.39 is 0 Å². The molecule has 1 amide bonds. The van der Waals surface area contributed by atoms with Crippen LogP contribution < -0.4 is 5.32 Å². The van der Waals surface area contributed by atoms with Gasteiger partial charge in [0.15, 0.2) is 0 Å². The smallest absolute Gasteiger partial charge is 0.236 e. The Morgan fingerprint density at radius 3 is 3.00 bits per heavy atom. The van der Waals surface area contributed by atoms with Gasteiger partial charge in [0.25, 0.3) is 0 Å². The Morgan fingerprint density at radius 2 is 2.33 bits per heavy atom. The number of pyridine rings is 1. The molecule has 0 radical (unpaired) electrons. The van der Waals surface area contributed by atoms with E-state index in [1.165, 1.54) is 23.1 Å². The summed E-state index contributed by atoms with van der Waals surface area (Å²) < 4.78 is 0. The van der Waals surface area contributed by atoms with Crippen molar-refractivity contribution in [2.24, 2.45) is 0 Å². The average molecular weight is 280 g/mol. The van der Waals surface area contributed by atoms with Crippen LogP contribution in [0.15, 0.2) is 29.4 Å². The molecule has 0 aliphatic rings. The fourth-order valence-electron chi connectivity index (χ4n) is 1.17. The Kier molecular flexibility index (Phi) is 4.66. The van der Waals surface area contributed by atoms with Crippen molar-refractivity contribution < 1.29 is 4.79 Å². The maximum absolute atomic E-state index is 11.7. The highest BCUT2D eigenvalue weighted by Gasteiger charge is 2.08. The predicted octanol–water partition coefficient (Wildman–Crippen LogP) is 2.23. The van der Waals surface area contributed by atoms with Gasteiger partial charge >= 0.3 is 0 Å². The molecule has 0 saturated carbocycles. The normalized spacial score (nSPS) is 10.3. The van der Waals surface area contributed by atoms with Crippen molar-refractivity contribution in [1.82, 2.24) is 15.2 Å². The summed E-state index contributed by atoms with van der Waals surface area (Å²) in [5, 5.41) is 12.9. The minimum Gasteiger partial charge on any atom is -0.300 e. The topological polar surface area (TPSA) is 67.8 Å². The zero-order chi connectivity index (χ0) is 12.8.